The van der Waals surface area contributed by atoms with Crippen molar-refractivity contribution in [3.8, 4) is 0 Å². The van der Waals surface area contributed by atoms with E-state index in [0.717, 1.165) is 24.5 Å². The van der Waals surface area contributed by atoms with Crippen LogP contribution >= 0.6 is 0 Å². The van der Waals surface area contributed by atoms with Gasteiger partial charge in [-0.3, -0.25) is 0 Å². The molecule has 0 saturated heterocycles. The van der Waals surface area contributed by atoms with Crippen LogP contribution < -0.4 is 4.57 Å². The van der Waals surface area contributed by atoms with Crippen molar-refractivity contribution in [1.82, 2.24) is 15.0 Å². The fourth-order valence-corrected chi connectivity index (χ4v) is 2.93. The largest absolute Gasteiger partial charge is 0.286 e. The molecule has 4 nitrogen and oxygen atoms in total. The molecule has 3 rings (SSSR count). The molecule has 22 heavy (non-hydrogen) atoms. The Morgan fingerprint density at radius 3 is 2.73 bits per heavy atom. The van der Waals surface area contributed by atoms with Crippen molar-refractivity contribution in [2.45, 2.75) is 65.3 Å². The number of hydrogen-bond donors (Lipinski definition) is 0. The van der Waals surface area contributed by atoms with Crippen molar-refractivity contribution in [3.63, 3.8) is 0 Å². The summed E-state index contributed by atoms with van der Waals surface area (Å²) in [6.45, 7) is 9.50. The van der Waals surface area contributed by atoms with Gasteiger partial charge in [-0.1, -0.05) is 18.8 Å². The first kappa shape index (κ1) is 15.1. The Hall–Kier alpha value is -1.84. The third kappa shape index (κ3) is 3.16. The third-order valence-electron chi connectivity index (χ3n) is 4.49. The lowest BCUT2D eigenvalue weighted by Crippen LogP contribution is -2.37. The van der Waals surface area contributed by atoms with E-state index in [1.54, 1.807) is 0 Å². The smallest absolute Gasteiger partial charge is 0.241 e. The van der Waals surface area contributed by atoms with E-state index in [0.29, 0.717) is 11.8 Å². The Bertz CT molecular complexity index is 677. The van der Waals surface area contributed by atoms with Crippen molar-refractivity contribution in [1.29, 1.82) is 0 Å². The maximum Gasteiger partial charge on any atom is 0.286 e. The lowest BCUT2D eigenvalue weighted by Gasteiger charge is -2.13. The van der Waals surface area contributed by atoms with Gasteiger partial charge in [0, 0.05) is 30.5 Å². The summed E-state index contributed by atoms with van der Waals surface area (Å²) in [6, 6.07) is 0. The topological polar surface area (TPSA) is 42.5 Å². The summed E-state index contributed by atoms with van der Waals surface area (Å²) >= 11 is 0. The van der Waals surface area contributed by atoms with E-state index in [1.165, 1.54) is 29.7 Å². The van der Waals surface area contributed by atoms with E-state index in [9.17, 15) is 0 Å². The Morgan fingerprint density at radius 1 is 1.27 bits per heavy atom. The van der Waals surface area contributed by atoms with Crippen LogP contribution in [0.25, 0.3) is 0 Å². The fraction of sp³-hybridized carbons (Fsp3) is 0.556. The average molecular weight is 297 g/mol. The van der Waals surface area contributed by atoms with Crippen molar-refractivity contribution in [3.05, 3.63) is 47.1 Å². The van der Waals surface area contributed by atoms with E-state index in [4.69, 9.17) is 4.98 Å². The number of hydrogen-bond acceptors (Lipinski definition) is 3. The fourth-order valence-electron chi connectivity index (χ4n) is 2.93. The van der Waals surface area contributed by atoms with Crippen molar-refractivity contribution in [2.75, 3.05) is 0 Å². The lowest BCUT2D eigenvalue weighted by molar-refractivity contribution is -0.702. The van der Waals surface area contributed by atoms with Crippen LogP contribution in [0, 0.1) is 13.8 Å². The lowest BCUT2D eigenvalue weighted by atomic mass is 10.0. The quantitative estimate of drug-likeness (QED) is 0.797. The molecule has 2 aromatic heterocycles. The van der Waals surface area contributed by atoms with Crippen LogP contribution in [0.5, 0.6) is 0 Å². The zero-order valence-electron chi connectivity index (χ0n) is 14.0. The van der Waals surface area contributed by atoms with Gasteiger partial charge in [-0.2, -0.15) is 0 Å². The van der Waals surface area contributed by atoms with Crippen LogP contribution in [0.3, 0.4) is 0 Å². The number of aryl methyl sites for hydroxylation is 3. The average Bonchev–Trinajstić information content (AvgIpc) is 3.34. The zero-order chi connectivity index (χ0) is 15.7. The van der Waals surface area contributed by atoms with Crippen LogP contribution in [0.15, 0.2) is 18.7 Å². The van der Waals surface area contributed by atoms with Gasteiger partial charge in [0.05, 0.1) is 18.4 Å². The molecular weight excluding hydrogens is 272 g/mol. The summed E-state index contributed by atoms with van der Waals surface area (Å²) in [4.78, 5) is 13.8. The van der Waals surface area contributed by atoms with Crippen LogP contribution in [-0.2, 0) is 13.0 Å². The Labute approximate surface area is 132 Å². The summed E-state index contributed by atoms with van der Waals surface area (Å²) in [5.41, 5.74) is 4.81. The van der Waals surface area contributed by atoms with E-state index in [-0.39, 0.29) is 0 Å². The molecule has 1 saturated carbocycles. The molecule has 0 aliphatic heterocycles. The molecule has 1 aliphatic carbocycles. The summed E-state index contributed by atoms with van der Waals surface area (Å²) in [7, 11) is 0. The van der Waals surface area contributed by atoms with Gasteiger partial charge in [0.15, 0.2) is 5.69 Å². The Balaban J connectivity index is 1.82. The SMILES string of the molecule is CCc1c[n+](CC(C)c2nc(C3CC3)ncc2C)cnc1C. The van der Waals surface area contributed by atoms with E-state index >= 15 is 0 Å². The number of rotatable bonds is 5. The molecule has 0 spiro atoms. The molecule has 1 unspecified atom stereocenters. The number of nitrogens with zero attached hydrogens (tertiary/aromatic N) is 4. The minimum Gasteiger partial charge on any atom is -0.241 e. The van der Waals surface area contributed by atoms with Crippen LogP contribution in [0.4, 0.5) is 0 Å². The summed E-state index contributed by atoms with van der Waals surface area (Å²) in [5, 5.41) is 0. The van der Waals surface area contributed by atoms with Crippen molar-refractivity contribution in [2.24, 2.45) is 0 Å². The summed E-state index contributed by atoms with van der Waals surface area (Å²) < 4.78 is 2.19. The van der Waals surface area contributed by atoms with E-state index in [1.807, 2.05) is 12.5 Å². The highest BCUT2D eigenvalue weighted by Gasteiger charge is 2.27. The Kier molecular flexibility index (Phi) is 4.19. The molecule has 0 bridgehead atoms. The predicted molar refractivity (Wildman–Crippen MR) is 85.7 cm³/mol. The third-order valence-corrected chi connectivity index (χ3v) is 4.49. The molecule has 4 heteroatoms. The Morgan fingerprint density at radius 2 is 2.05 bits per heavy atom. The van der Waals surface area contributed by atoms with Gasteiger partial charge in [-0.05, 0) is 31.7 Å². The van der Waals surface area contributed by atoms with Gasteiger partial charge in [-0.25, -0.2) is 14.5 Å². The van der Waals surface area contributed by atoms with Crippen molar-refractivity contribution >= 4 is 0 Å². The van der Waals surface area contributed by atoms with Crippen LogP contribution in [0.2, 0.25) is 0 Å². The normalized spacial score (nSPS) is 15.8. The minimum absolute atomic E-state index is 0.361. The van der Waals surface area contributed by atoms with Gasteiger partial charge in [0.25, 0.3) is 6.33 Å². The van der Waals surface area contributed by atoms with Gasteiger partial charge in [0.2, 0.25) is 0 Å². The first-order chi connectivity index (χ1) is 10.6. The number of aromatic nitrogens is 4. The monoisotopic (exact) mass is 297 g/mol. The standard InChI is InChI=1S/C18H25N4/c1-5-15-10-22(11-20-14(15)4)9-13(3)17-12(2)8-19-18(21-17)16-6-7-16/h8,10-11,13,16H,5-7,9H2,1-4H3/q+1. The van der Waals surface area contributed by atoms with Gasteiger partial charge in [0.1, 0.15) is 5.82 Å². The zero-order valence-corrected chi connectivity index (χ0v) is 14.0. The molecule has 116 valence electrons. The molecular formula is C18H25N4+. The maximum absolute atomic E-state index is 4.85. The van der Waals surface area contributed by atoms with Crippen molar-refractivity contribution < 1.29 is 4.57 Å². The molecule has 1 fully saturated rings. The second-order valence-corrected chi connectivity index (χ2v) is 6.51. The molecule has 0 radical (unpaired) electrons. The molecule has 0 amide bonds. The van der Waals surface area contributed by atoms with Crippen LogP contribution in [-0.4, -0.2) is 15.0 Å². The highest BCUT2D eigenvalue weighted by atomic mass is 15.0. The summed E-state index contributed by atoms with van der Waals surface area (Å²) in [5.74, 6) is 2.00. The van der Waals surface area contributed by atoms with Crippen LogP contribution in [0.1, 0.15) is 66.9 Å². The molecule has 1 aliphatic rings. The minimum atomic E-state index is 0.361. The molecule has 2 aromatic rings. The molecule has 0 N–H and O–H groups in total. The van der Waals surface area contributed by atoms with Gasteiger partial charge < -0.3 is 0 Å². The van der Waals surface area contributed by atoms with Gasteiger partial charge in [-0.15, -0.1) is 0 Å². The first-order valence-corrected chi connectivity index (χ1v) is 8.26. The predicted octanol–water partition coefficient (Wildman–Crippen LogP) is 3.02. The molecule has 0 aromatic carbocycles. The highest BCUT2D eigenvalue weighted by molar-refractivity contribution is 5.21. The highest BCUT2D eigenvalue weighted by Crippen LogP contribution is 2.38. The molecule has 2 heterocycles. The second kappa shape index (κ2) is 6.11. The van der Waals surface area contributed by atoms with Gasteiger partial charge >= 0.3 is 0 Å². The van der Waals surface area contributed by atoms with E-state index < -0.39 is 0 Å². The molecule has 1 atom stereocenters. The maximum atomic E-state index is 4.85. The van der Waals surface area contributed by atoms with E-state index in [2.05, 4.69) is 48.4 Å². The first-order valence-electron chi connectivity index (χ1n) is 8.26. The summed E-state index contributed by atoms with van der Waals surface area (Å²) in [6.07, 6.45) is 9.65. The second-order valence-electron chi connectivity index (χ2n) is 6.51.